The lowest BCUT2D eigenvalue weighted by atomic mass is 9.80. The molecule has 0 heteroatoms. The van der Waals surface area contributed by atoms with E-state index in [1.807, 2.05) is 0 Å². The van der Waals surface area contributed by atoms with Crippen molar-refractivity contribution in [2.24, 2.45) is 17.8 Å². The predicted molar refractivity (Wildman–Crippen MR) is 71.0 cm³/mol. The van der Waals surface area contributed by atoms with Crippen LogP contribution in [0.1, 0.15) is 53.9 Å². The molecule has 88 valence electrons. The van der Waals surface area contributed by atoms with Crippen LogP contribution in [0.2, 0.25) is 0 Å². The third-order valence-corrected chi connectivity index (χ3v) is 3.41. The number of rotatable bonds is 7. The smallest absolute Gasteiger partial charge is 0.0145 e. The Balaban J connectivity index is 4.64. The molecule has 0 heterocycles. The highest BCUT2D eigenvalue weighted by Gasteiger charge is 2.18. The van der Waals surface area contributed by atoms with E-state index in [1.54, 1.807) is 0 Å². The maximum atomic E-state index is 3.93. The zero-order valence-corrected chi connectivity index (χ0v) is 11.2. The van der Waals surface area contributed by atoms with Crippen LogP contribution >= 0.6 is 0 Å². The van der Waals surface area contributed by atoms with Crippen LogP contribution in [0.4, 0.5) is 0 Å². The van der Waals surface area contributed by atoms with Gasteiger partial charge in [-0.2, -0.15) is 0 Å². The Kier molecular flexibility index (Phi) is 7.46. The van der Waals surface area contributed by atoms with Crippen LogP contribution in [0.15, 0.2) is 24.3 Å². The molecule has 3 unspecified atom stereocenters. The van der Waals surface area contributed by atoms with E-state index < -0.39 is 0 Å². The summed E-state index contributed by atoms with van der Waals surface area (Å²) in [5.74, 6) is 2.03. The van der Waals surface area contributed by atoms with Gasteiger partial charge in [-0.25, -0.2) is 0 Å². The number of hydrogen-bond donors (Lipinski definition) is 0. The van der Waals surface area contributed by atoms with Gasteiger partial charge in [-0.05, 0) is 31.1 Å². The minimum atomic E-state index is 0.591. The summed E-state index contributed by atoms with van der Waals surface area (Å²) in [5.41, 5.74) is 1.51. The van der Waals surface area contributed by atoms with Crippen molar-refractivity contribution in [1.29, 1.82) is 0 Å². The minimum Gasteiger partial charge on any atom is -0.103 e. The molecule has 0 radical (unpaired) electrons. The highest BCUT2D eigenvalue weighted by Crippen LogP contribution is 2.28. The average Bonchev–Trinajstić information content (AvgIpc) is 2.24. The quantitative estimate of drug-likeness (QED) is 0.503. The van der Waals surface area contributed by atoms with E-state index in [0.29, 0.717) is 11.8 Å². The first kappa shape index (κ1) is 14.5. The van der Waals surface area contributed by atoms with Crippen molar-refractivity contribution in [2.45, 2.75) is 53.9 Å². The van der Waals surface area contributed by atoms with E-state index in [2.05, 4.69) is 53.3 Å². The highest BCUT2D eigenvalue weighted by atomic mass is 14.2. The van der Waals surface area contributed by atoms with E-state index in [1.165, 1.54) is 24.8 Å². The van der Waals surface area contributed by atoms with Gasteiger partial charge in [0.1, 0.15) is 0 Å². The third kappa shape index (κ3) is 5.20. The lowest BCUT2D eigenvalue weighted by Gasteiger charge is -2.25. The van der Waals surface area contributed by atoms with Crippen molar-refractivity contribution < 1.29 is 0 Å². The molecule has 15 heavy (non-hydrogen) atoms. The van der Waals surface area contributed by atoms with E-state index >= 15 is 0 Å². The van der Waals surface area contributed by atoms with E-state index in [9.17, 15) is 0 Å². The van der Waals surface area contributed by atoms with Crippen LogP contribution in [0, 0.1) is 17.8 Å². The Morgan fingerprint density at radius 1 is 1.27 bits per heavy atom. The fraction of sp³-hybridized carbons (Fsp3) is 0.733. The first-order valence-electron chi connectivity index (χ1n) is 6.36. The van der Waals surface area contributed by atoms with Gasteiger partial charge in [0.2, 0.25) is 0 Å². The molecule has 0 aliphatic heterocycles. The molecule has 0 aliphatic rings. The second-order valence-electron chi connectivity index (χ2n) is 4.80. The average molecular weight is 208 g/mol. The molecule has 0 fully saturated rings. The van der Waals surface area contributed by atoms with E-state index in [-0.39, 0.29) is 0 Å². The summed E-state index contributed by atoms with van der Waals surface area (Å²) >= 11 is 0. The van der Waals surface area contributed by atoms with Crippen LogP contribution in [0.3, 0.4) is 0 Å². The molecule has 0 aromatic heterocycles. The largest absolute Gasteiger partial charge is 0.103 e. The van der Waals surface area contributed by atoms with Crippen molar-refractivity contribution >= 4 is 0 Å². The van der Waals surface area contributed by atoms with Crippen LogP contribution in [0.25, 0.3) is 0 Å². The molecule has 0 saturated carbocycles. The normalized spacial score (nSPS) is 18.3. The Bertz CT molecular complexity index is 200. The molecule has 3 atom stereocenters. The van der Waals surface area contributed by atoms with Gasteiger partial charge in [-0.1, -0.05) is 58.3 Å². The fourth-order valence-electron chi connectivity index (χ4n) is 2.09. The number of allylic oxidation sites excluding steroid dienone is 3. The lowest BCUT2D eigenvalue weighted by Crippen LogP contribution is -2.16. The lowest BCUT2D eigenvalue weighted by molar-refractivity contribution is 0.335. The van der Waals surface area contributed by atoms with Gasteiger partial charge in [0.25, 0.3) is 0 Å². The Morgan fingerprint density at radius 2 is 1.87 bits per heavy atom. The summed E-state index contributed by atoms with van der Waals surface area (Å²) in [6, 6.07) is 0. The van der Waals surface area contributed by atoms with Gasteiger partial charge >= 0.3 is 0 Å². The number of hydrogen-bond acceptors (Lipinski definition) is 0. The Labute approximate surface area is 96.5 Å². The molecule has 0 spiro atoms. The predicted octanol–water partition coefficient (Wildman–Crippen LogP) is 5.22. The maximum Gasteiger partial charge on any atom is -0.0145 e. The molecule has 0 aromatic carbocycles. The topological polar surface area (TPSA) is 0 Å². The second kappa shape index (κ2) is 7.73. The summed E-state index contributed by atoms with van der Waals surface area (Å²) < 4.78 is 0. The molecule has 0 N–H and O–H groups in total. The zero-order chi connectivity index (χ0) is 11.8. The van der Waals surface area contributed by atoms with Crippen molar-refractivity contribution in [1.82, 2.24) is 0 Å². The highest BCUT2D eigenvalue weighted by molar-refractivity contribution is 5.04. The summed E-state index contributed by atoms with van der Waals surface area (Å²) in [6.07, 6.45) is 8.32. The van der Waals surface area contributed by atoms with Crippen molar-refractivity contribution in [3.8, 4) is 0 Å². The molecule has 0 nitrogen and oxygen atoms in total. The zero-order valence-electron chi connectivity index (χ0n) is 11.2. The molecule has 0 rings (SSSR count). The van der Waals surface area contributed by atoms with Gasteiger partial charge in [-0.3, -0.25) is 0 Å². The monoisotopic (exact) mass is 208 g/mol. The van der Waals surface area contributed by atoms with Gasteiger partial charge in [0, 0.05) is 0 Å². The molecule has 0 aliphatic carbocycles. The van der Waals surface area contributed by atoms with Crippen LogP contribution in [-0.2, 0) is 0 Å². The van der Waals surface area contributed by atoms with Gasteiger partial charge in [0.15, 0.2) is 0 Å². The molecule has 0 amide bonds. The first-order chi connectivity index (χ1) is 7.06. The Morgan fingerprint density at radius 3 is 2.27 bits per heavy atom. The minimum absolute atomic E-state index is 0.591. The summed E-state index contributed by atoms with van der Waals surface area (Å²) in [6.45, 7) is 15.3. The Hall–Kier alpha value is -0.520. The molecular weight excluding hydrogens is 180 g/mol. The van der Waals surface area contributed by atoms with Gasteiger partial charge in [-0.15, -0.1) is 6.58 Å². The van der Waals surface area contributed by atoms with Crippen molar-refractivity contribution in [3.05, 3.63) is 24.3 Å². The summed E-state index contributed by atoms with van der Waals surface area (Å²) in [5, 5.41) is 0. The SMILES string of the molecule is C=CC(C)C(C=C(C)CC)C(C)CCC. The third-order valence-electron chi connectivity index (χ3n) is 3.41. The van der Waals surface area contributed by atoms with Crippen LogP contribution in [0.5, 0.6) is 0 Å². The first-order valence-corrected chi connectivity index (χ1v) is 6.36. The van der Waals surface area contributed by atoms with Crippen molar-refractivity contribution in [3.63, 3.8) is 0 Å². The molecule has 0 bridgehead atoms. The maximum absolute atomic E-state index is 3.93. The fourth-order valence-corrected chi connectivity index (χ4v) is 2.09. The van der Waals surface area contributed by atoms with E-state index in [4.69, 9.17) is 0 Å². The van der Waals surface area contributed by atoms with Crippen LogP contribution < -0.4 is 0 Å². The van der Waals surface area contributed by atoms with Crippen molar-refractivity contribution in [2.75, 3.05) is 0 Å². The van der Waals surface area contributed by atoms with Gasteiger partial charge in [0.05, 0.1) is 0 Å². The second-order valence-corrected chi connectivity index (χ2v) is 4.80. The summed E-state index contributed by atoms with van der Waals surface area (Å²) in [7, 11) is 0. The molecular formula is C15H28. The molecule has 0 aromatic rings. The van der Waals surface area contributed by atoms with E-state index in [0.717, 1.165) is 5.92 Å². The van der Waals surface area contributed by atoms with Crippen LogP contribution in [-0.4, -0.2) is 0 Å². The summed E-state index contributed by atoms with van der Waals surface area (Å²) in [4.78, 5) is 0. The standard InChI is InChI=1S/C15H28/c1-7-10-14(6)15(13(5)9-3)11-12(4)8-2/h9,11,13-15H,3,7-8,10H2,1-2,4-6H3. The van der Waals surface area contributed by atoms with Gasteiger partial charge < -0.3 is 0 Å². The molecule has 0 saturated heterocycles.